The minimum atomic E-state index is -0.107. The van der Waals surface area contributed by atoms with E-state index in [-0.39, 0.29) is 5.91 Å². The molecule has 1 aromatic heterocycles. The molecular formula is C26H32N4O2. The van der Waals surface area contributed by atoms with E-state index in [4.69, 9.17) is 9.84 Å². The van der Waals surface area contributed by atoms with Crippen LogP contribution in [0, 0.1) is 13.8 Å². The first kappa shape index (κ1) is 22.1. The quantitative estimate of drug-likeness (QED) is 0.602. The highest BCUT2D eigenvalue weighted by molar-refractivity contribution is 5.94. The van der Waals surface area contributed by atoms with Crippen molar-refractivity contribution in [2.45, 2.75) is 33.1 Å². The van der Waals surface area contributed by atoms with Crippen LogP contribution in [-0.4, -0.2) is 53.9 Å². The van der Waals surface area contributed by atoms with Crippen molar-refractivity contribution in [1.29, 1.82) is 0 Å². The Hall–Kier alpha value is -3.12. The second-order valence-corrected chi connectivity index (χ2v) is 8.51. The monoisotopic (exact) mass is 432 g/mol. The van der Waals surface area contributed by atoms with Crippen LogP contribution in [0.4, 0.5) is 0 Å². The van der Waals surface area contributed by atoms with Gasteiger partial charge in [-0.15, -0.1) is 0 Å². The topological polar surface area (TPSA) is 59.4 Å². The third kappa shape index (κ3) is 5.02. The molecule has 2 heterocycles. The summed E-state index contributed by atoms with van der Waals surface area (Å²) in [4.78, 5) is 15.7. The Morgan fingerprint density at radius 2 is 1.88 bits per heavy atom. The zero-order chi connectivity index (χ0) is 22.5. The maximum absolute atomic E-state index is 13.2. The van der Waals surface area contributed by atoms with Crippen molar-refractivity contribution in [1.82, 2.24) is 20.0 Å². The molecule has 1 amide bonds. The van der Waals surface area contributed by atoms with Gasteiger partial charge in [0.25, 0.3) is 5.91 Å². The molecule has 0 unspecified atom stereocenters. The molecule has 1 N–H and O–H groups in total. The van der Waals surface area contributed by atoms with Gasteiger partial charge in [0.2, 0.25) is 0 Å². The van der Waals surface area contributed by atoms with E-state index in [9.17, 15) is 4.79 Å². The molecule has 0 bridgehead atoms. The lowest BCUT2D eigenvalue weighted by Crippen LogP contribution is -2.38. The minimum Gasteiger partial charge on any atom is -0.497 e. The molecule has 4 rings (SSSR count). The summed E-state index contributed by atoms with van der Waals surface area (Å²) in [7, 11) is 1.65. The van der Waals surface area contributed by atoms with Crippen molar-refractivity contribution in [2.75, 3.05) is 33.3 Å². The normalized spacial score (nSPS) is 14.3. The third-order valence-corrected chi connectivity index (χ3v) is 6.06. The van der Waals surface area contributed by atoms with Crippen LogP contribution in [0.25, 0.3) is 16.9 Å². The maximum Gasteiger partial charge on any atom is 0.270 e. The number of ether oxygens (including phenoxy) is 1. The van der Waals surface area contributed by atoms with Gasteiger partial charge >= 0.3 is 0 Å². The van der Waals surface area contributed by atoms with E-state index in [1.807, 2.05) is 44.2 Å². The fourth-order valence-corrected chi connectivity index (χ4v) is 4.20. The van der Waals surface area contributed by atoms with Crippen molar-refractivity contribution < 1.29 is 9.53 Å². The summed E-state index contributed by atoms with van der Waals surface area (Å²) in [6.45, 7) is 7.84. The molecule has 168 valence electrons. The highest BCUT2D eigenvalue weighted by atomic mass is 16.5. The molecule has 0 aliphatic carbocycles. The van der Waals surface area contributed by atoms with Gasteiger partial charge in [0.15, 0.2) is 0 Å². The average Bonchev–Trinajstić information content (AvgIpc) is 3.27. The molecule has 0 spiro atoms. The largest absolute Gasteiger partial charge is 0.497 e. The molecule has 2 aromatic carbocycles. The number of amides is 1. The number of nitrogens with zero attached hydrogens (tertiary/aromatic N) is 3. The molecule has 6 nitrogen and oxygen atoms in total. The van der Waals surface area contributed by atoms with Crippen LogP contribution in [-0.2, 0) is 0 Å². The summed E-state index contributed by atoms with van der Waals surface area (Å²) < 4.78 is 7.14. The number of rotatable bonds is 7. The lowest BCUT2D eigenvalue weighted by Gasteiger charge is -2.26. The molecule has 6 heteroatoms. The molecule has 0 atom stereocenters. The number of carbonyl (C=O) groups is 1. The lowest BCUT2D eigenvalue weighted by atomic mass is 10.1. The summed E-state index contributed by atoms with van der Waals surface area (Å²) in [6.07, 6.45) is 3.80. The summed E-state index contributed by atoms with van der Waals surface area (Å²) in [6, 6.07) is 15.8. The van der Waals surface area contributed by atoms with Gasteiger partial charge in [0, 0.05) is 18.7 Å². The highest BCUT2D eigenvalue weighted by Crippen LogP contribution is 2.26. The smallest absolute Gasteiger partial charge is 0.270 e. The number of hydrogen-bond acceptors (Lipinski definition) is 4. The van der Waals surface area contributed by atoms with E-state index in [0.717, 1.165) is 53.5 Å². The third-order valence-electron chi connectivity index (χ3n) is 6.06. The molecule has 1 aliphatic heterocycles. The predicted octanol–water partition coefficient (Wildman–Crippen LogP) is 4.38. The van der Waals surface area contributed by atoms with Gasteiger partial charge in [-0.05, 0) is 75.2 Å². The standard InChI is InChI=1S/C26H32N4O2/c1-19-10-11-20(2)24(16-19)30-25(26(31)27-12-15-29-13-5-4-6-14-29)18-23(28-30)21-8-7-9-22(17-21)32-3/h7-11,16-18H,4-6,12-15H2,1-3H3,(H,27,31). The van der Waals surface area contributed by atoms with Gasteiger partial charge in [-0.2, -0.15) is 5.10 Å². The van der Waals surface area contributed by atoms with Crippen LogP contribution in [0.1, 0.15) is 40.9 Å². The number of methoxy groups -OCH3 is 1. The fraction of sp³-hybridized carbons (Fsp3) is 0.385. The Morgan fingerprint density at radius 1 is 1.06 bits per heavy atom. The Labute approximate surface area is 190 Å². The number of hydrogen-bond donors (Lipinski definition) is 1. The van der Waals surface area contributed by atoms with E-state index < -0.39 is 0 Å². The van der Waals surface area contributed by atoms with Gasteiger partial charge in [-0.25, -0.2) is 4.68 Å². The van der Waals surface area contributed by atoms with Crippen LogP contribution in [0.3, 0.4) is 0 Å². The van der Waals surface area contributed by atoms with Crippen LogP contribution >= 0.6 is 0 Å². The number of likely N-dealkylation sites (tertiary alicyclic amines) is 1. The Bertz CT molecular complexity index is 1080. The second-order valence-electron chi connectivity index (χ2n) is 8.51. The second kappa shape index (κ2) is 10.0. The number of nitrogens with one attached hydrogen (secondary N) is 1. The van der Waals surface area contributed by atoms with E-state index in [1.54, 1.807) is 11.8 Å². The minimum absolute atomic E-state index is 0.107. The fourth-order valence-electron chi connectivity index (χ4n) is 4.20. The van der Waals surface area contributed by atoms with Crippen LogP contribution < -0.4 is 10.1 Å². The molecule has 1 fully saturated rings. The van der Waals surface area contributed by atoms with E-state index in [2.05, 4.69) is 28.4 Å². The van der Waals surface area contributed by atoms with Gasteiger partial charge in [0.1, 0.15) is 11.4 Å². The molecule has 3 aromatic rings. The van der Waals surface area contributed by atoms with E-state index >= 15 is 0 Å². The summed E-state index contributed by atoms with van der Waals surface area (Å²) >= 11 is 0. The Morgan fingerprint density at radius 3 is 2.66 bits per heavy atom. The molecular weight excluding hydrogens is 400 g/mol. The summed E-state index contributed by atoms with van der Waals surface area (Å²) in [5.74, 6) is 0.654. The SMILES string of the molecule is COc1cccc(-c2cc(C(=O)NCCN3CCCCC3)n(-c3cc(C)ccc3C)n2)c1. The number of aromatic nitrogens is 2. The molecule has 0 radical (unpaired) electrons. The molecule has 0 saturated carbocycles. The van der Waals surface area contributed by atoms with Crippen molar-refractivity contribution in [3.8, 4) is 22.7 Å². The summed E-state index contributed by atoms with van der Waals surface area (Å²) in [5, 5.41) is 7.95. The number of carbonyl (C=O) groups excluding carboxylic acids is 1. The number of aryl methyl sites for hydroxylation is 2. The highest BCUT2D eigenvalue weighted by Gasteiger charge is 2.19. The first-order valence-electron chi connectivity index (χ1n) is 11.4. The van der Waals surface area contributed by atoms with Crippen molar-refractivity contribution in [2.24, 2.45) is 0 Å². The van der Waals surface area contributed by atoms with E-state index in [0.29, 0.717) is 12.2 Å². The summed E-state index contributed by atoms with van der Waals surface area (Å²) in [5.41, 5.74) is 5.30. The molecule has 1 saturated heterocycles. The predicted molar refractivity (Wildman–Crippen MR) is 128 cm³/mol. The number of piperidine rings is 1. The molecule has 32 heavy (non-hydrogen) atoms. The van der Waals surface area contributed by atoms with Crippen molar-refractivity contribution in [3.05, 3.63) is 65.4 Å². The molecule has 1 aliphatic rings. The Balaban J connectivity index is 1.63. The van der Waals surface area contributed by atoms with Gasteiger partial charge < -0.3 is 15.0 Å². The van der Waals surface area contributed by atoms with Crippen LogP contribution in [0.5, 0.6) is 5.75 Å². The zero-order valence-electron chi connectivity index (χ0n) is 19.2. The first-order chi connectivity index (χ1) is 15.5. The van der Waals surface area contributed by atoms with Crippen LogP contribution in [0.15, 0.2) is 48.5 Å². The lowest BCUT2D eigenvalue weighted by molar-refractivity contribution is 0.0939. The maximum atomic E-state index is 13.2. The van der Waals surface area contributed by atoms with Crippen LogP contribution in [0.2, 0.25) is 0 Å². The van der Waals surface area contributed by atoms with Crippen molar-refractivity contribution in [3.63, 3.8) is 0 Å². The number of benzene rings is 2. The van der Waals surface area contributed by atoms with E-state index in [1.165, 1.54) is 19.3 Å². The zero-order valence-corrected chi connectivity index (χ0v) is 19.2. The average molecular weight is 433 g/mol. The van der Waals surface area contributed by atoms with Gasteiger partial charge in [-0.3, -0.25) is 4.79 Å². The van der Waals surface area contributed by atoms with Crippen molar-refractivity contribution >= 4 is 5.91 Å². The van der Waals surface area contributed by atoms with Gasteiger partial charge in [-0.1, -0.05) is 30.7 Å². The van der Waals surface area contributed by atoms with Gasteiger partial charge in [0.05, 0.1) is 18.5 Å². The first-order valence-corrected chi connectivity index (χ1v) is 11.4. The Kier molecular flexibility index (Phi) is 6.90.